The fourth-order valence-corrected chi connectivity index (χ4v) is 2.79. The molecule has 0 saturated heterocycles. The van der Waals surface area contributed by atoms with E-state index in [2.05, 4.69) is 31.9 Å². The van der Waals surface area contributed by atoms with Crippen LogP contribution in [0.1, 0.15) is 10.5 Å². The van der Waals surface area contributed by atoms with Crippen LogP contribution in [0, 0.1) is 0 Å². The summed E-state index contributed by atoms with van der Waals surface area (Å²) in [4.78, 5) is 24.2. The molecule has 8 heteroatoms. The normalized spacial score (nSPS) is 11.0. The van der Waals surface area contributed by atoms with Crippen LogP contribution in [0.15, 0.2) is 54.8 Å². The molecular weight excluding hydrogens is 420 g/mol. The minimum absolute atomic E-state index is 0.0109. The van der Waals surface area contributed by atoms with Gasteiger partial charge in [-0.2, -0.15) is 0 Å². The summed E-state index contributed by atoms with van der Waals surface area (Å²) in [6.07, 6.45) is 3.12. The van der Waals surface area contributed by atoms with E-state index < -0.39 is 11.7 Å². The Hall–Kier alpha value is -1.93. The maximum absolute atomic E-state index is 12.5. The number of aromatic hydroxyl groups is 1. The second-order valence-corrected chi connectivity index (χ2v) is 6.38. The monoisotopic (exact) mass is 427 g/mol. The molecule has 0 fully saturated rings. The van der Waals surface area contributed by atoms with Gasteiger partial charge in [-0.1, -0.05) is 0 Å². The number of hydrogen-bond acceptors (Lipinski definition) is 4. The molecule has 0 amide bonds. The predicted molar refractivity (Wildman–Crippen MR) is 84.0 cm³/mol. The molecule has 0 unspecified atom stereocenters. The Kier molecular flexibility index (Phi) is 3.88. The van der Waals surface area contributed by atoms with Gasteiger partial charge in [0.15, 0.2) is 6.20 Å². The number of Topliss-reactive ketones (excluding diaryl/α,β-unsaturated/α-hetero) is 1. The summed E-state index contributed by atoms with van der Waals surface area (Å²) in [6.45, 7) is -0.208. The molecule has 22 heavy (non-hydrogen) atoms. The van der Waals surface area contributed by atoms with Gasteiger partial charge >= 0.3 is 17.4 Å². The van der Waals surface area contributed by atoms with Crippen molar-refractivity contribution in [1.29, 1.82) is 0 Å². The predicted octanol–water partition coefficient (Wildman–Crippen LogP) is 2.29. The zero-order chi connectivity index (χ0) is 15.9. The van der Waals surface area contributed by atoms with Gasteiger partial charge in [0, 0.05) is 16.7 Å². The fraction of sp³-hybridized carbons (Fsp3) is 0.0714. The second-order valence-electron chi connectivity index (χ2n) is 4.55. The van der Waals surface area contributed by atoms with E-state index in [0.29, 0.717) is 10.2 Å². The van der Waals surface area contributed by atoms with Crippen LogP contribution in [0.25, 0.3) is 5.71 Å². The molecule has 0 aliphatic carbocycles. The number of hydrogen-bond donors (Lipinski definition) is 1. The summed E-state index contributed by atoms with van der Waals surface area (Å²) in [5, 5.41) is 9.88. The maximum atomic E-state index is 12.5. The lowest BCUT2D eigenvalue weighted by atomic mass is 10.3. The number of aromatic nitrogens is 2. The number of rotatable bonds is 3. The van der Waals surface area contributed by atoms with Crippen molar-refractivity contribution in [2.75, 3.05) is 0 Å². The van der Waals surface area contributed by atoms with Crippen molar-refractivity contribution in [3.8, 4) is 5.95 Å². The van der Waals surface area contributed by atoms with E-state index in [9.17, 15) is 14.7 Å². The van der Waals surface area contributed by atoms with Gasteiger partial charge in [-0.3, -0.25) is 9.59 Å². The molecule has 3 aromatic heterocycles. The lowest BCUT2D eigenvalue weighted by Gasteiger charge is -2.02. The largest absolute Gasteiger partial charge is 0.476 e. The average molecular weight is 429 g/mol. The smallest absolute Gasteiger partial charge is 0.382 e. The number of ketones is 1. The van der Waals surface area contributed by atoms with E-state index in [-0.39, 0.29) is 17.8 Å². The van der Waals surface area contributed by atoms with Crippen LogP contribution in [0.2, 0.25) is 0 Å². The van der Waals surface area contributed by atoms with Crippen LogP contribution in [-0.4, -0.2) is 15.5 Å². The van der Waals surface area contributed by atoms with Crippen LogP contribution >= 0.6 is 31.9 Å². The van der Waals surface area contributed by atoms with Crippen molar-refractivity contribution in [2.24, 2.45) is 0 Å². The Morgan fingerprint density at radius 2 is 1.95 bits per heavy atom. The lowest BCUT2D eigenvalue weighted by Crippen LogP contribution is -2.31. The van der Waals surface area contributed by atoms with Crippen molar-refractivity contribution in [3.63, 3.8) is 0 Å². The summed E-state index contributed by atoms with van der Waals surface area (Å²) in [5.74, 6) is -0.925. The molecular formula is C14H9Br2N2O4+. The van der Waals surface area contributed by atoms with Gasteiger partial charge in [0.05, 0.1) is 17.1 Å². The first kappa shape index (κ1) is 15.0. The van der Waals surface area contributed by atoms with E-state index in [1.165, 1.54) is 21.2 Å². The topological polar surface area (TPSA) is 76.5 Å². The van der Waals surface area contributed by atoms with E-state index in [1.54, 1.807) is 24.4 Å². The molecule has 1 N–H and O–H groups in total. The van der Waals surface area contributed by atoms with Crippen molar-refractivity contribution >= 4 is 43.4 Å². The van der Waals surface area contributed by atoms with Crippen LogP contribution in [0.4, 0.5) is 0 Å². The number of fused-ring (bicyclic) bond motifs is 1. The van der Waals surface area contributed by atoms with Gasteiger partial charge in [-0.25, -0.2) is 0 Å². The van der Waals surface area contributed by atoms with Crippen LogP contribution < -0.4 is 9.96 Å². The zero-order valence-corrected chi connectivity index (χ0v) is 14.2. The van der Waals surface area contributed by atoms with Crippen molar-refractivity contribution in [2.45, 2.75) is 6.54 Å². The Morgan fingerprint density at radius 3 is 2.73 bits per heavy atom. The quantitative estimate of drug-likeness (QED) is 0.513. The first-order valence-electron chi connectivity index (χ1n) is 6.17. The van der Waals surface area contributed by atoms with E-state index >= 15 is 0 Å². The van der Waals surface area contributed by atoms with Gasteiger partial charge in [0.1, 0.15) is 0 Å². The number of oxazole rings is 1. The van der Waals surface area contributed by atoms with E-state index in [4.69, 9.17) is 4.42 Å². The van der Waals surface area contributed by atoms with Gasteiger partial charge in [-0.15, -0.1) is 4.40 Å². The number of carbonyl (C=O) groups excluding carboxylic acids is 1. The SMILES string of the molecule is O=C(Cn1cc(Br)ccc1=O)c1c(O)oc2ccc(Br)c[n+]12. The van der Waals surface area contributed by atoms with Gasteiger partial charge in [-0.05, 0) is 44.0 Å². The van der Waals surface area contributed by atoms with Gasteiger partial charge in [0.2, 0.25) is 0 Å². The van der Waals surface area contributed by atoms with Gasteiger partial charge in [0.25, 0.3) is 11.3 Å². The summed E-state index contributed by atoms with van der Waals surface area (Å²) < 4.78 is 9.23. The molecule has 0 aliphatic rings. The number of carbonyl (C=O) groups is 1. The Bertz CT molecular complexity index is 946. The Balaban J connectivity index is 2.06. The van der Waals surface area contributed by atoms with Crippen LogP contribution in [-0.2, 0) is 6.54 Å². The minimum atomic E-state index is -0.480. The van der Waals surface area contributed by atoms with Crippen molar-refractivity contribution in [3.05, 3.63) is 61.7 Å². The molecule has 3 heterocycles. The fourth-order valence-electron chi connectivity index (χ4n) is 2.08. The highest BCUT2D eigenvalue weighted by Crippen LogP contribution is 2.20. The van der Waals surface area contributed by atoms with Crippen LogP contribution in [0.5, 0.6) is 5.95 Å². The number of halogens is 2. The Labute approximate surface area is 140 Å². The van der Waals surface area contributed by atoms with Crippen molar-refractivity contribution in [1.82, 2.24) is 4.57 Å². The second kappa shape index (κ2) is 5.69. The average Bonchev–Trinajstić information content (AvgIpc) is 2.78. The molecule has 0 saturated carbocycles. The summed E-state index contributed by atoms with van der Waals surface area (Å²) >= 11 is 6.54. The molecule has 0 radical (unpaired) electrons. The van der Waals surface area contributed by atoms with E-state index in [0.717, 1.165) is 4.47 Å². The molecule has 3 aromatic rings. The Morgan fingerprint density at radius 1 is 1.23 bits per heavy atom. The highest BCUT2D eigenvalue weighted by molar-refractivity contribution is 9.10. The minimum Gasteiger partial charge on any atom is -0.476 e. The maximum Gasteiger partial charge on any atom is 0.382 e. The first-order chi connectivity index (χ1) is 10.5. The molecule has 0 bridgehead atoms. The third kappa shape index (κ3) is 2.71. The molecule has 0 aliphatic heterocycles. The summed E-state index contributed by atoms with van der Waals surface area (Å²) in [7, 11) is 0. The molecule has 0 atom stereocenters. The lowest BCUT2D eigenvalue weighted by molar-refractivity contribution is -0.517. The molecule has 112 valence electrons. The summed E-state index contributed by atoms with van der Waals surface area (Å²) in [5.41, 5.74) is 0.00355. The highest BCUT2D eigenvalue weighted by atomic mass is 79.9. The number of nitrogens with zero attached hydrogens (tertiary/aromatic N) is 2. The van der Waals surface area contributed by atoms with Crippen molar-refractivity contribution < 1.29 is 18.7 Å². The summed E-state index contributed by atoms with van der Waals surface area (Å²) in [6, 6.07) is 6.30. The van der Waals surface area contributed by atoms with E-state index in [1.807, 2.05) is 0 Å². The third-order valence-corrected chi connectivity index (χ3v) is 3.98. The zero-order valence-electron chi connectivity index (χ0n) is 11.0. The van der Waals surface area contributed by atoms with Gasteiger partial charge < -0.3 is 14.1 Å². The first-order valence-corrected chi connectivity index (χ1v) is 7.76. The highest BCUT2D eigenvalue weighted by Gasteiger charge is 2.30. The molecule has 3 rings (SSSR count). The standard InChI is InChI=1S/C14H8Br2N2O4/c15-8-1-3-11(20)17(5-8)7-10(19)13-14(21)22-12-4-2-9(16)6-18(12)13/h1-6H,7H2/p+1. The third-order valence-electron chi connectivity index (χ3n) is 3.05. The number of pyridine rings is 2. The molecule has 0 aromatic carbocycles. The molecule has 0 spiro atoms. The van der Waals surface area contributed by atoms with Crippen LogP contribution in [0.3, 0.4) is 0 Å². The molecule has 6 nitrogen and oxygen atoms in total.